The normalized spacial score (nSPS) is 10.5. The lowest BCUT2D eigenvalue weighted by atomic mass is 10.1. The summed E-state index contributed by atoms with van der Waals surface area (Å²) in [6, 6.07) is 9.35. The standard InChI is InChI=1S/C19H25N5O3.HI/c1-20-19(23-13-18(25)24-15-5-4-9-21-12-15)22-10-8-14-6-7-16(26-2)17(11-14)27-3;/h4-7,9,11-12H,8,10,13H2,1-3H3,(H,24,25)(H2,20,22,23);1H. The zero-order valence-corrected chi connectivity index (χ0v) is 18.5. The van der Waals surface area contributed by atoms with Gasteiger partial charge in [0.05, 0.1) is 32.6 Å². The molecule has 0 bridgehead atoms. The van der Waals surface area contributed by atoms with Crippen LogP contribution in [0.15, 0.2) is 47.7 Å². The molecule has 1 aromatic heterocycles. The van der Waals surface area contributed by atoms with Gasteiger partial charge in [0.25, 0.3) is 0 Å². The molecule has 0 aliphatic rings. The van der Waals surface area contributed by atoms with Crippen LogP contribution in [-0.4, -0.2) is 51.2 Å². The van der Waals surface area contributed by atoms with Crippen molar-refractivity contribution in [1.82, 2.24) is 15.6 Å². The molecule has 8 nitrogen and oxygen atoms in total. The van der Waals surface area contributed by atoms with Crippen LogP contribution >= 0.6 is 24.0 Å². The highest BCUT2D eigenvalue weighted by Crippen LogP contribution is 2.27. The average molecular weight is 499 g/mol. The first-order valence-corrected chi connectivity index (χ1v) is 8.51. The monoisotopic (exact) mass is 499 g/mol. The highest BCUT2D eigenvalue weighted by molar-refractivity contribution is 14.0. The van der Waals surface area contributed by atoms with Crippen LogP contribution in [0.3, 0.4) is 0 Å². The number of hydrogen-bond acceptors (Lipinski definition) is 5. The fourth-order valence-electron chi connectivity index (χ4n) is 2.39. The number of aliphatic imine (C=N–C) groups is 1. The van der Waals surface area contributed by atoms with E-state index in [2.05, 4.69) is 25.9 Å². The van der Waals surface area contributed by atoms with Crippen LogP contribution in [0.1, 0.15) is 5.56 Å². The summed E-state index contributed by atoms with van der Waals surface area (Å²) >= 11 is 0. The Morgan fingerprint density at radius 3 is 2.57 bits per heavy atom. The van der Waals surface area contributed by atoms with Gasteiger partial charge >= 0.3 is 0 Å². The summed E-state index contributed by atoms with van der Waals surface area (Å²) in [5.41, 5.74) is 1.76. The van der Waals surface area contributed by atoms with Gasteiger partial charge in [0.2, 0.25) is 5.91 Å². The van der Waals surface area contributed by atoms with Crippen molar-refractivity contribution in [2.45, 2.75) is 6.42 Å². The van der Waals surface area contributed by atoms with E-state index in [9.17, 15) is 4.79 Å². The molecule has 0 radical (unpaired) electrons. The van der Waals surface area contributed by atoms with Gasteiger partial charge in [-0.2, -0.15) is 0 Å². The summed E-state index contributed by atoms with van der Waals surface area (Å²) in [6.45, 7) is 0.754. The molecule has 1 heterocycles. The van der Waals surface area contributed by atoms with Crippen LogP contribution in [0.25, 0.3) is 0 Å². The molecule has 0 aliphatic heterocycles. The second-order valence-corrected chi connectivity index (χ2v) is 5.58. The van der Waals surface area contributed by atoms with E-state index in [0.29, 0.717) is 29.7 Å². The molecule has 3 N–H and O–H groups in total. The fourth-order valence-corrected chi connectivity index (χ4v) is 2.39. The van der Waals surface area contributed by atoms with Crippen LogP contribution in [0.2, 0.25) is 0 Å². The molecule has 0 fully saturated rings. The molecule has 9 heteroatoms. The number of rotatable bonds is 8. The predicted octanol–water partition coefficient (Wildman–Crippen LogP) is 2.06. The van der Waals surface area contributed by atoms with Crippen LogP contribution in [-0.2, 0) is 11.2 Å². The first-order valence-electron chi connectivity index (χ1n) is 8.51. The van der Waals surface area contributed by atoms with E-state index >= 15 is 0 Å². The highest BCUT2D eigenvalue weighted by Gasteiger charge is 2.06. The lowest BCUT2D eigenvalue weighted by Crippen LogP contribution is -2.42. The van der Waals surface area contributed by atoms with Crippen molar-refractivity contribution in [1.29, 1.82) is 0 Å². The number of anilines is 1. The molecule has 0 aliphatic carbocycles. The summed E-state index contributed by atoms with van der Waals surface area (Å²) in [4.78, 5) is 20.0. The third-order valence-corrected chi connectivity index (χ3v) is 3.74. The third-order valence-electron chi connectivity index (χ3n) is 3.74. The van der Waals surface area contributed by atoms with Crippen molar-refractivity contribution in [2.75, 3.05) is 39.7 Å². The van der Waals surface area contributed by atoms with Crippen molar-refractivity contribution in [3.8, 4) is 11.5 Å². The zero-order chi connectivity index (χ0) is 19.5. The lowest BCUT2D eigenvalue weighted by Gasteiger charge is -2.13. The minimum Gasteiger partial charge on any atom is -0.493 e. The Balaban J connectivity index is 0.00000392. The van der Waals surface area contributed by atoms with Gasteiger partial charge in [-0.3, -0.25) is 14.8 Å². The van der Waals surface area contributed by atoms with E-state index in [0.717, 1.165) is 12.0 Å². The molecular weight excluding hydrogens is 473 g/mol. The van der Waals surface area contributed by atoms with E-state index in [4.69, 9.17) is 9.47 Å². The molecule has 0 saturated heterocycles. The van der Waals surface area contributed by atoms with Gasteiger partial charge < -0.3 is 25.4 Å². The van der Waals surface area contributed by atoms with Crippen LogP contribution in [0.5, 0.6) is 11.5 Å². The Kier molecular flexibility index (Phi) is 10.7. The number of carbonyl (C=O) groups is 1. The number of methoxy groups -OCH3 is 2. The van der Waals surface area contributed by atoms with Crippen molar-refractivity contribution in [3.05, 3.63) is 48.3 Å². The zero-order valence-electron chi connectivity index (χ0n) is 16.2. The summed E-state index contributed by atoms with van der Waals surface area (Å²) in [5, 5.41) is 8.91. The third kappa shape index (κ3) is 7.59. The molecular formula is C19H26IN5O3. The van der Waals surface area contributed by atoms with Gasteiger partial charge in [0.15, 0.2) is 17.5 Å². The summed E-state index contributed by atoms with van der Waals surface area (Å²) in [7, 11) is 4.88. The molecule has 152 valence electrons. The van der Waals surface area contributed by atoms with Crippen LogP contribution < -0.4 is 25.4 Å². The van der Waals surface area contributed by atoms with Gasteiger partial charge in [0, 0.05) is 19.8 Å². The van der Waals surface area contributed by atoms with Gasteiger partial charge in [-0.15, -0.1) is 24.0 Å². The molecule has 28 heavy (non-hydrogen) atoms. The number of pyridine rings is 1. The number of guanidine groups is 1. The number of carbonyl (C=O) groups excluding carboxylic acids is 1. The van der Waals surface area contributed by atoms with E-state index in [1.54, 1.807) is 45.8 Å². The highest BCUT2D eigenvalue weighted by atomic mass is 127. The van der Waals surface area contributed by atoms with E-state index in [-0.39, 0.29) is 36.4 Å². The first kappa shape index (κ1) is 23.5. The van der Waals surface area contributed by atoms with Gasteiger partial charge in [-0.1, -0.05) is 6.07 Å². The van der Waals surface area contributed by atoms with E-state index in [1.165, 1.54) is 0 Å². The Labute approximate surface area is 182 Å². The molecule has 0 unspecified atom stereocenters. The Bertz CT molecular complexity index is 771. The van der Waals surface area contributed by atoms with Crippen molar-refractivity contribution >= 4 is 41.5 Å². The maximum atomic E-state index is 11.9. The quantitative estimate of drug-likeness (QED) is 0.293. The minimum atomic E-state index is -0.175. The number of aromatic nitrogens is 1. The smallest absolute Gasteiger partial charge is 0.243 e. The van der Waals surface area contributed by atoms with Crippen molar-refractivity contribution in [3.63, 3.8) is 0 Å². The molecule has 2 aromatic rings. The lowest BCUT2D eigenvalue weighted by molar-refractivity contribution is -0.115. The SMILES string of the molecule is CN=C(NCCc1ccc(OC)c(OC)c1)NCC(=O)Nc1cccnc1.I. The summed E-state index contributed by atoms with van der Waals surface area (Å²) in [5.74, 6) is 1.78. The predicted molar refractivity (Wildman–Crippen MR) is 121 cm³/mol. The number of nitrogens with one attached hydrogen (secondary N) is 3. The van der Waals surface area contributed by atoms with Gasteiger partial charge in [-0.25, -0.2) is 0 Å². The average Bonchev–Trinajstić information content (AvgIpc) is 2.71. The summed E-state index contributed by atoms with van der Waals surface area (Å²) < 4.78 is 10.5. The van der Waals surface area contributed by atoms with Crippen LogP contribution in [0.4, 0.5) is 5.69 Å². The first-order chi connectivity index (χ1) is 13.2. The largest absolute Gasteiger partial charge is 0.493 e. The second kappa shape index (κ2) is 12.8. The molecule has 1 amide bonds. The maximum Gasteiger partial charge on any atom is 0.243 e. The molecule has 1 aromatic carbocycles. The number of ether oxygens (including phenoxy) is 2. The van der Waals surface area contributed by atoms with E-state index < -0.39 is 0 Å². The van der Waals surface area contributed by atoms with Crippen molar-refractivity contribution in [2.24, 2.45) is 4.99 Å². The topological polar surface area (TPSA) is 96.9 Å². The number of nitrogens with zero attached hydrogens (tertiary/aromatic N) is 2. The maximum absolute atomic E-state index is 11.9. The molecule has 0 saturated carbocycles. The van der Waals surface area contributed by atoms with Crippen LogP contribution in [0, 0.1) is 0 Å². The number of halogens is 1. The number of hydrogen-bond donors (Lipinski definition) is 3. The number of benzene rings is 1. The Morgan fingerprint density at radius 1 is 1.14 bits per heavy atom. The van der Waals surface area contributed by atoms with Gasteiger partial charge in [-0.05, 0) is 36.2 Å². The Morgan fingerprint density at radius 2 is 1.93 bits per heavy atom. The minimum absolute atomic E-state index is 0. The van der Waals surface area contributed by atoms with E-state index in [1.807, 2.05) is 18.2 Å². The molecule has 0 spiro atoms. The summed E-state index contributed by atoms with van der Waals surface area (Å²) in [6.07, 6.45) is 4.01. The Hall–Kier alpha value is -2.56. The second-order valence-electron chi connectivity index (χ2n) is 5.58. The number of amides is 1. The molecule has 0 atom stereocenters. The molecule has 2 rings (SSSR count). The fraction of sp³-hybridized carbons (Fsp3) is 0.316. The van der Waals surface area contributed by atoms with Gasteiger partial charge in [0.1, 0.15) is 0 Å². The van der Waals surface area contributed by atoms with Crippen molar-refractivity contribution < 1.29 is 14.3 Å².